The highest BCUT2D eigenvalue weighted by Gasteiger charge is 2.23. The van der Waals surface area contributed by atoms with Crippen molar-refractivity contribution in [3.63, 3.8) is 0 Å². The van der Waals surface area contributed by atoms with Crippen LogP contribution in [0, 0.1) is 5.92 Å². The summed E-state index contributed by atoms with van der Waals surface area (Å²) in [7, 11) is 0. The van der Waals surface area contributed by atoms with Crippen LogP contribution in [0.3, 0.4) is 0 Å². The van der Waals surface area contributed by atoms with E-state index in [9.17, 15) is 0 Å². The van der Waals surface area contributed by atoms with E-state index in [1.54, 1.807) is 12.4 Å². The summed E-state index contributed by atoms with van der Waals surface area (Å²) < 4.78 is 0. The van der Waals surface area contributed by atoms with Gasteiger partial charge < -0.3 is 5.43 Å². The summed E-state index contributed by atoms with van der Waals surface area (Å²) in [6, 6.07) is 0. The van der Waals surface area contributed by atoms with Crippen LogP contribution in [0.15, 0.2) is 12.4 Å². The van der Waals surface area contributed by atoms with Gasteiger partial charge in [-0.25, -0.2) is 10.8 Å². The van der Waals surface area contributed by atoms with Crippen molar-refractivity contribution >= 4 is 5.82 Å². The highest BCUT2D eigenvalue weighted by molar-refractivity contribution is 5.40. The fourth-order valence-corrected chi connectivity index (χ4v) is 2.29. The van der Waals surface area contributed by atoms with E-state index in [-0.39, 0.29) is 0 Å². The molecule has 1 heterocycles. The fraction of sp³-hybridized carbons (Fsp3) is 0.636. The van der Waals surface area contributed by atoms with E-state index >= 15 is 0 Å². The number of hydrogen-bond acceptors (Lipinski definition) is 4. The van der Waals surface area contributed by atoms with Crippen molar-refractivity contribution in [2.24, 2.45) is 11.8 Å². The van der Waals surface area contributed by atoms with E-state index in [0.29, 0.717) is 5.92 Å². The average Bonchev–Trinajstić information content (AvgIpc) is 2.30. The Bertz CT molecular complexity index is 318. The molecule has 4 heteroatoms. The smallest absolute Gasteiger partial charge is 0.162 e. The Balaban J connectivity index is 2.15. The molecule has 1 aliphatic carbocycles. The minimum Gasteiger partial charge on any atom is -0.307 e. The standard InChI is InChI=1S/C11H18N4/c1-8-2-4-9(5-3-8)10-11(15-12)14-7-6-13-10/h6-9H,2-5,12H2,1H3,(H,14,15). The number of hydrogen-bond donors (Lipinski definition) is 2. The van der Waals surface area contributed by atoms with E-state index in [1.165, 1.54) is 25.7 Å². The van der Waals surface area contributed by atoms with Crippen molar-refractivity contribution in [1.82, 2.24) is 9.97 Å². The van der Waals surface area contributed by atoms with E-state index in [1.807, 2.05) is 0 Å². The lowest BCUT2D eigenvalue weighted by molar-refractivity contribution is 0.344. The van der Waals surface area contributed by atoms with E-state index in [0.717, 1.165) is 17.4 Å². The second kappa shape index (κ2) is 4.57. The van der Waals surface area contributed by atoms with Crippen molar-refractivity contribution in [2.75, 3.05) is 5.43 Å². The summed E-state index contributed by atoms with van der Waals surface area (Å²) in [6.07, 6.45) is 8.39. The van der Waals surface area contributed by atoms with Gasteiger partial charge in [0.05, 0.1) is 5.69 Å². The first-order valence-corrected chi connectivity index (χ1v) is 5.58. The number of rotatable bonds is 2. The Morgan fingerprint density at radius 2 is 1.87 bits per heavy atom. The van der Waals surface area contributed by atoms with Gasteiger partial charge in [-0.15, -0.1) is 0 Å². The van der Waals surface area contributed by atoms with Gasteiger partial charge in [0.25, 0.3) is 0 Å². The summed E-state index contributed by atoms with van der Waals surface area (Å²) >= 11 is 0. The molecule has 0 radical (unpaired) electrons. The molecule has 2 rings (SSSR count). The molecule has 0 amide bonds. The van der Waals surface area contributed by atoms with Crippen LogP contribution in [0.25, 0.3) is 0 Å². The minimum absolute atomic E-state index is 0.529. The van der Waals surface area contributed by atoms with Gasteiger partial charge in [0.2, 0.25) is 0 Å². The molecule has 1 aromatic heterocycles. The first kappa shape index (κ1) is 10.4. The van der Waals surface area contributed by atoms with E-state index in [4.69, 9.17) is 5.84 Å². The quantitative estimate of drug-likeness (QED) is 0.574. The molecule has 0 spiro atoms. The number of anilines is 1. The monoisotopic (exact) mass is 206 g/mol. The maximum atomic E-state index is 5.43. The molecule has 82 valence electrons. The fourth-order valence-electron chi connectivity index (χ4n) is 2.29. The van der Waals surface area contributed by atoms with Gasteiger partial charge in [0.1, 0.15) is 0 Å². The molecule has 0 saturated heterocycles. The molecule has 0 unspecified atom stereocenters. The van der Waals surface area contributed by atoms with Crippen molar-refractivity contribution in [2.45, 2.75) is 38.5 Å². The molecule has 15 heavy (non-hydrogen) atoms. The van der Waals surface area contributed by atoms with E-state index < -0.39 is 0 Å². The van der Waals surface area contributed by atoms with Gasteiger partial charge in [-0.1, -0.05) is 19.8 Å². The Hall–Kier alpha value is -1.16. The number of nitrogen functional groups attached to an aromatic ring is 1. The maximum absolute atomic E-state index is 5.43. The topological polar surface area (TPSA) is 63.8 Å². The zero-order valence-corrected chi connectivity index (χ0v) is 9.11. The Labute approximate surface area is 90.3 Å². The summed E-state index contributed by atoms with van der Waals surface area (Å²) in [6.45, 7) is 2.31. The third kappa shape index (κ3) is 2.26. The Morgan fingerprint density at radius 3 is 2.53 bits per heavy atom. The molecule has 3 N–H and O–H groups in total. The maximum Gasteiger partial charge on any atom is 0.162 e. The largest absolute Gasteiger partial charge is 0.307 e. The summed E-state index contributed by atoms with van der Waals surface area (Å²) in [5, 5.41) is 0. The predicted molar refractivity (Wildman–Crippen MR) is 60.2 cm³/mol. The summed E-state index contributed by atoms with van der Waals surface area (Å²) in [5.41, 5.74) is 3.66. The number of nitrogens with two attached hydrogens (primary N) is 1. The highest BCUT2D eigenvalue weighted by Crippen LogP contribution is 2.36. The second-order valence-electron chi connectivity index (χ2n) is 4.39. The lowest BCUT2D eigenvalue weighted by Crippen LogP contribution is -2.17. The number of aromatic nitrogens is 2. The molecular formula is C11H18N4. The zero-order chi connectivity index (χ0) is 10.7. The normalized spacial score (nSPS) is 26.3. The molecule has 1 saturated carbocycles. The van der Waals surface area contributed by atoms with Crippen LogP contribution in [-0.2, 0) is 0 Å². The summed E-state index contributed by atoms with van der Waals surface area (Å²) in [5.74, 6) is 7.55. The third-order valence-corrected chi connectivity index (χ3v) is 3.27. The minimum atomic E-state index is 0.529. The molecule has 0 aliphatic heterocycles. The van der Waals surface area contributed by atoms with Crippen LogP contribution in [0.2, 0.25) is 0 Å². The van der Waals surface area contributed by atoms with Crippen LogP contribution in [0.4, 0.5) is 5.82 Å². The number of nitrogens with one attached hydrogen (secondary N) is 1. The Kier molecular flexibility index (Phi) is 3.16. The lowest BCUT2D eigenvalue weighted by Gasteiger charge is -2.26. The van der Waals surface area contributed by atoms with Crippen LogP contribution in [0.5, 0.6) is 0 Å². The number of nitrogens with zero attached hydrogens (tertiary/aromatic N) is 2. The van der Waals surface area contributed by atoms with Crippen LogP contribution in [0.1, 0.15) is 44.2 Å². The average molecular weight is 206 g/mol. The van der Waals surface area contributed by atoms with Crippen molar-refractivity contribution < 1.29 is 0 Å². The first-order valence-electron chi connectivity index (χ1n) is 5.58. The highest BCUT2D eigenvalue weighted by atomic mass is 15.3. The molecule has 0 atom stereocenters. The predicted octanol–water partition coefficient (Wildman–Crippen LogP) is 2.06. The van der Waals surface area contributed by atoms with Gasteiger partial charge in [-0.3, -0.25) is 4.98 Å². The van der Waals surface area contributed by atoms with Crippen molar-refractivity contribution in [3.05, 3.63) is 18.1 Å². The molecular weight excluding hydrogens is 188 g/mol. The van der Waals surface area contributed by atoms with E-state index in [2.05, 4.69) is 22.3 Å². The lowest BCUT2D eigenvalue weighted by atomic mass is 9.81. The molecule has 1 fully saturated rings. The SMILES string of the molecule is CC1CCC(c2nccnc2NN)CC1. The molecule has 1 aliphatic rings. The van der Waals surface area contributed by atoms with Crippen LogP contribution in [-0.4, -0.2) is 9.97 Å². The zero-order valence-electron chi connectivity index (χ0n) is 9.11. The number of hydrazine groups is 1. The van der Waals surface area contributed by atoms with Gasteiger partial charge in [-0.05, 0) is 18.8 Å². The molecule has 0 bridgehead atoms. The molecule has 4 nitrogen and oxygen atoms in total. The third-order valence-electron chi connectivity index (χ3n) is 3.27. The van der Waals surface area contributed by atoms with Crippen LogP contribution >= 0.6 is 0 Å². The van der Waals surface area contributed by atoms with Crippen molar-refractivity contribution in [3.8, 4) is 0 Å². The van der Waals surface area contributed by atoms with Gasteiger partial charge in [0.15, 0.2) is 5.82 Å². The van der Waals surface area contributed by atoms with Gasteiger partial charge in [-0.2, -0.15) is 0 Å². The first-order chi connectivity index (χ1) is 7.31. The van der Waals surface area contributed by atoms with Crippen molar-refractivity contribution in [1.29, 1.82) is 0 Å². The van der Waals surface area contributed by atoms with Gasteiger partial charge >= 0.3 is 0 Å². The second-order valence-corrected chi connectivity index (χ2v) is 4.39. The summed E-state index contributed by atoms with van der Waals surface area (Å²) in [4.78, 5) is 8.59. The van der Waals surface area contributed by atoms with Gasteiger partial charge in [0, 0.05) is 18.3 Å². The van der Waals surface area contributed by atoms with Crippen LogP contribution < -0.4 is 11.3 Å². The Morgan fingerprint density at radius 1 is 1.20 bits per heavy atom. The molecule has 1 aromatic rings. The molecule has 0 aromatic carbocycles.